The lowest BCUT2D eigenvalue weighted by Gasteiger charge is -2.04. The van der Waals surface area contributed by atoms with Crippen LogP contribution in [0.3, 0.4) is 0 Å². The standard InChI is InChI=1S/C6H8F3NO4/c1-2-10-3-4(11)13-14-5(12)6(7,8)9/h10H,2-3H2,1H3. The monoisotopic (exact) mass is 215 g/mol. The highest BCUT2D eigenvalue weighted by Crippen LogP contribution is 2.16. The average molecular weight is 215 g/mol. The second-order valence-electron chi connectivity index (χ2n) is 2.10. The molecule has 5 nitrogen and oxygen atoms in total. The number of likely N-dealkylation sites (N-methyl/N-ethyl adjacent to an activating group) is 1. The van der Waals surface area contributed by atoms with Crippen LogP contribution in [-0.4, -0.2) is 31.2 Å². The molecule has 0 rings (SSSR count). The minimum Gasteiger partial charge on any atom is -0.307 e. The summed E-state index contributed by atoms with van der Waals surface area (Å²) >= 11 is 0. The van der Waals surface area contributed by atoms with Gasteiger partial charge >= 0.3 is 18.1 Å². The van der Waals surface area contributed by atoms with Crippen LogP contribution >= 0.6 is 0 Å². The highest BCUT2D eigenvalue weighted by molar-refractivity contribution is 5.77. The molecule has 0 aromatic carbocycles. The summed E-state index contributed by atoms with van der Waals surface area (Å²) in [5, 5.41) is 2.46. The topological polar surface area (TPSA) is 64.6 Å². The Morgan fingerprint density at radius 2 is 1.86 bits per heavy atom. The Kier molecular flexibility index (Phi) is 4.92. The van der Waals surface area contributed by atoms with E-state index in [1.165, 1.54) is 0 Å². The smallest absolute Gasteiger partial charge is 0.307 e. The quantitative estimate of drug-likeness (QED) is 0.536. The van der Waals surface area contributed by atoms with E-state index in [-0.39, 0.29) is 6.54 Å². The van der Waals surface area contributed by atoms with E-state index in [2.05, 4.69) is 15.1 Å². The number of nitrogens with one attached hydrogen (secondary N) is 1. The van der Waals surface area contributed by atoms with Crippen LogP contribution in [0.2, 0.25) is 0 Å². The van der Waals surface area contributed by atoms with Crippen LogP contribution in [0.25, 0.3) is 0 Å². The van der Waals surface area contributed by atoms with Crippen molar-refractivity contribution in [3.05, 3.63) is 0 Å². The van der Waals surface area contributed by atoms with Crippen molar-refractivity contribution in [3.63, 3.8) is 0 Å². The summed E-state index contributed by atoms with van der Waals surface area (Å²) in [7, 11) is 0. The fourth-order valence-corrected chi connectivity index (χ4v) is 0.388. The van der Waals surface area contributed by atoms with Crippen LogP contribution in [0.5, 0.6) is 0 Å². The van der Waals surface area contributed by atoms with Crippen LogP contribution in [-0.2, 0) is 19.4 Å². The van der Waals surface area contributed by atoms with Gasteiger partial charge in [0.05, 0.1) is 6.54 Å². The molecule has 0 aliphatic rings. The number of hydrogen-bond acceptors (Lipinski definition) is 5. The molecular weight excluding hydrogens is 207 g/mol. The van der Waals surface area contributed by atoms with E-state index in [1.807, 2.05) is 0 Å². The number of halogens is 3. The van der Waals surface area contributed by atoms with E-state index in [0.717, 1.165) is 0 Å². The molecule has 0 aromatic rings. The van der Waals surface area contributed by atoms with Crippen LogP contribution in [0, 0.1) is 0 Å². The first-order valence-corrected chi connectivity index (χ1v) is 3.57. The minimum absolute atomic E-state index is 0.332. The summed E-state index contributed by atoms with van der Waals surface area (Å²) in [4.78, 5) is 27.3. The number of rotatable bonds is 3. The maximum atomic E-state index is 11.5. The number of hydrogen-bond donors (Lipinski definition) is 1. The lowest BCUT2D eigenvalue weighted by Crippen LogP contribution is -2.30. The first-order valence-electron chi connectivity index (χ1n) is 3.57. The SMILES string of the molecule is CCNCC(=O)OOC(=O)C(F)(F)F. The largest absolute Gasteiger partial charge is 0.495 e. The number of carbonyl (C=O) groups excluding carboxylic acids is 2. The van der Waals surface area contributed by atoms with Gasteiger partial charge in [0.1, 0.15) is 0 Å². The Hall–Kier alpha value is -1.31. The minimum atomic E-state index is -5.17. The Labute approximate surface area is 77.1 Å². The highest BCUT2D eigenvalue weighted by atomic mass is 19.4. The van der Waals surface area contributed by atoms with Gasteiger partial charge in [0.15, 0.2) is 0 Å². The molecule has 0 aliphatic heterocycles. The summed E-state index contributed by atoms with van der Waals surface area (Å²) in [6.45, 7) is 1.78. The molecule has 1 N–H and O–H groups in total. The zero-order valence-corrected chi connectivity index (χ0v) is 7.18. The Balaban J connectivity index is 3.73. The fraction of sp³-hybridized carbons (Fsp3) is 0.667. The first-order chi connectivity index (χ1) is 6.38. The average Bonchev–Trinajstić information content (AvgIpc) is 2.09. The van der Waals surface area contributed by atoms with Gasteiger partial charge in [-0.05, 0) is 6.54 Å². The molecule has 0 saturated heterocycles. The zero-order chi connectivity index (χ0) is 11.2. The molecule has 0 unspecified atom stereocenters. The Morgan fingerprint density at radius 1 is 1.29 bits per heavy atom. The molecular formula is C6H8F3NO4. The van der Waals surface area contributed by atoms with E-state index in [9.17, 15) is 22.8 Å². The summed E-state index contributed by atoms with van der Waals surface area (Å²) in [5.74, 6) is -3.67. The third-order valence-electron chi connectivity index (χ3n) is 0.961. The van der Waals surface area contributed by atoms with E-state index in [4.69, 9.17) is 0 Å². The summed E-state index contributed by atoms with van der Waals surface area (Å²) < 4.78 is 34.4. The predicted molar refractivity (Wildman–Crippen MR) is 36.8 cm³/mol. The van der Waals surface area contributed by atoms with Crippen molar-refractivity contribution < 1.29 is 32.5 Å². The molecule has 14 heavy (non-hydrogen) atoms. The van der Waals surface area contributed by atoms with Crippen LogP contribution in [0.1, 0.15) is 6.92 Å². The van der Waals surface area contributed by atoms with Crippen LogP contribution in [0.4, 0.5) is 13.2 Å². The van der Waals surface area contributed by atoms with Crippen molar-refractivity contribution in [2.24, 2.45) is 0 Å². The maximum absolute atomic E-state index is 11.5. The number of carbonyl (C=O) groups is 2. The molecule has 0 heterocycles. The van der Waals surface area contributed by atoms with Crippen molar-refractivity contribution in [1.82, 2.24) is 5.32 Å². The van der Waals surface area contributed by atoms with Crippen LogP contribution in [0.15, 0.2) is 0 Å². The lowest BCUT2D eigenvalue weighted by molar-refractivity contribution is -0.285. The van der Waals surface area contributed by atoms with Gasteiger partial charge in [-0.2, -0.15) is 13.2 Å². The predicted octanol–water partition coefficient (Wildman–Crippen LogP) is 0.160. The fourth-order valence-electron chi connectivity index (χ4n) is 0.388. The van der Waals surface area contributed by atoms with Gasteiger partial charge in [-0.3, -0.25) is 0 Å². The summed E-state index contributed by atoms with van der Waals surface area (Å²) in [6, 6.07) is 0. The summed E-state index contributed by atoms with van der Waals surface area (Å²) in [5.41, 5.74) is 0. The van der Waals surface area contributed by atoms with E-state index < -0.39 is 18.1 Å². The normalized spacial score (nSPS) is 10.9. The van der Waals surface area contributed by atoms with Gasteiger partial charge in [-0.25, -0.2) is 19.4 Å². The molecule has 0 aliphatic carbocycles. The second kappa shape index (κ2) is 5.43. The van der Waals surface area contributed by atoms with E-state index in [0.29, 0.717) is 6.54 Å². The second-order valence-corrected chi connectivity index (χ2v) is 2.10. The third kappa shape index (κ3) is 5.36. The highest BCUT2D eigenvalue weighted by Gasteiger charge is 2.43. The molecule has 0 fully saturated rings. The van der Waals surface area contributed by atoms with Crippen molar-refractivity contribution in [1.29, 1.82) is 0 Å². The Morgan fingerprint density at radius 3 is 2.29 bits per heavy atom. The first kappa shape index (κ1) is 12.7. The molecule has 0 bridgehead atoms. The molecule has 0 atom stereocenters. The molecule has 0 aromatic heterocycles. The molecule has 82 valence electrons. The van der Waals surface area contributed by atoms with Crippen molar-refractivity contribution in [3.8, 4) is 0 Å². The van der Waals surface area contributed by atoms with Gasteiger partial charge in [0, 0.05) is 0 Å². The molecule has 0 saturated carbocycles. The van der Waals surface area contributed by atoms with E-state index >= 15 is 0 Å². The van der Waals surface area contributed by atoms with Crippen molar-refractivity contribution >= 4 is 11.9 Å². The van der Waals surface area contributed by atoms with Crippen molar-refractivity contribution in [2.45, 2.75) is 13.1 Å². The zero-order valence-electron chi connectivity index (χ0n) is 7.18. The van der Waals surface area contributed by atoms with Gasteiger partial charge in [0.2, 0.25) is 0 Å². The Bertz CT molecular complexity index is 216. The van der Waals surface area contributed by atoms with Gasteiger partial charge < -0.3 is 5.32 Å². The van der Waals surface area contributed by atoms with Gasteiger partial charge in [0.25, 0.3) is 0 Å². The molecule has 8 heteroatoms. The van der Waals surface area contributed by atoms with Crippen LogP contribution < -0.4 is 5.32 Å². The lowest BCUT2D eigenvalue weighted by atomic mass is 10.6. The number of alkyl halides is 3. The summed E-state index contributed by atoms with van der Waals surface area (Å²) in [6.07, 6.45) is -5.17. The van der Waals surface area contributed by atoms with Gasteiger partial charge in [-0.1, -0.05) is 6.92 Å². The van der Waals surface area contributed by atoms with E-state index in [1.54, 1.807) is 6.92 Å². The van der Waals surface area contributed by atoms with Crippen molar-refractivity contribution in [2.75, 3.05) is 13.1 Å². The molecule has 0 radical (unpaired) electrons. The molecule has 0 amide bonds. The molecule has 0 spiro atoms. The van der Waals surface area contributed by atoms with Gasteiger partial charge in [-0.15, -0.1) is 0 Å². The third-order valence-corrected chi connectivity index (χ3v) is 0.961. The maximum Gasteiger partial charge on any atom is 0.495 e.